The number of nitrogen functional groups attached to an aromatic ring is 1. The van der Waals surface area contributed by atoms with Gasteiger partial charge >= 0.3 is 0 Å². The predicted molar refractivity (Wildman–Crippen MR) is 93.8 cm³/mol. The highest BCUT2D eigenvalue weighted by atomic mass is 35.5. The fraction of sp³-hybridized carbons (Fsp3) is 0.316. The monoisotopic (exact) mass is 344 g/mol. The van der Waals surface area contributed by atoms with Crippen molar-refractivity contribution in [3.05, 3.63) is 58.4 Å². The molecule has 5 heteroatoms. The van der Waals surface area contributed by atoms with Crippen molar-refractivity contribution in [2.45, 2.75) is 25.2 Å². The summed E-state index contributed by atoms with van der Waals surface area (Å²) in [6.45, 7) is 0.684. The maximum Gasteiger partial charge on any atom is 0.230 e. The van der Waals surface area contributed by atoms with E-state index in [-0.39, 0.29) is 23.6 Å². The van der Waals surface area contributed by atoms with Crippen molar-refractivity contribution >= 4 is 28.9 Å². The van der Waals surface area contributed by atoms with Crippen LogP contribution in [0.25, 0.3) is 0 Å². The van der Waals surface area contributed by atoms with Crippen LogP contribution in [0.1, 0.15) is 29.9 Å². The van der Waals surface area contributed by atoms with E-state index in [1.165, 1.54) is 6.07 Å². The van der Waals surface area contributed by atoms with E-state index in [4.69, 9.17) is 17.3 Å². The Labute approximate surface area is 145 Å². The number of carbonyl (C=O) groups is 1. The van der Waals surface area contributed by atoms with Crippen LogP contribution < -0.4 is 10.6 Å². The molecule has 1 aliphatic carbocycles. The van der Waals surface area contributed by atoms with Crippen molar-refractivity contribution in [2.75, 3.05) is 17.2 Å². The van der Waals surface area contributed by atoms with Crippen molar-refractivity contribution in [2.24, 2.45) is 5.92 Å². The van der Waals surface area contributed by atoms with Crippen molar-refractivity contribution in [1.29, 1.82) is 0 Å². The summed E-state index contributed by atoms with van der Waals surface area (Å²) in [7, 11) is 0. The van der Waals surface area contributed by atoms with Gasteiger partial charge in [0.1, 0.15) is 5.82 Å². The topological polar surface area (TPSA) is 46.3 Å². The van der Waals surface area contributed by atoms with E-state index in [2.05, 4.69) is 0 Å². The van der Waals surface area contributed by atoms with Gasteiger partial charge in [-0.1, -0.05) is 23.7 Å². The largest absolute Gasteiger partial charge is 0.398 e. The van der Waals surface area contributed by atoms with E-state index in [0.29, 0.717) is 23.6 Å². The standard InChI is InChI=1S/C19H18ClFN2O/c20-14-5-1-6-15(21)18(14)12-10-13(12)19(24)23-9-3-4-11-16(22)7-2-8-17(11)23/h1-2,5-8,12-13H,3-4,9-10,22H2. The lowest BCUT2D eigenvalue weighted by Gasteiger charge is -2.30. The molecule has 2 aliphatic rings. The zero-order chi connectivity index (χ0) is 16.8. The third-order valence-corrected chi connectivity index (χ3v) is 5.36. The Morgan fingerprint density at radius 1 is 1.25 bits per heavy atom. The molecule has 1 aliphatic heterocycles. The van der Waals surface area contributed by atoms with Crippen molar-refractivity contribution in [1.82, 2.24) is 0 Å². The number of nitrogens with zero attached hydrogens (tertiary/aromatic N) is 1. The molecule has 2 atom stereocenters. The van der Waals surface area contributed by atoms with Crippen LogP contribution in [-0.4, -0.2) is 12.5 Å². The quantitative estimate of drug-likeness (QED) is 0.832. The number of amides is 1. The lowest BCUT2D eigenvalue weighted by Crippen LogP contribution is -2.37. The number of carbonyl (C=O) groups excluding carboxylic acids is 1. The van der Waals surface area contributed by atoms with Gasteiger partial charge in [0.2, 0.25) is 5.91 Å². The van der Waals surface area contributed by atoms with Crippen molar-refractivity contribution in [3.8, 4) is 0 Å². The van der Waals surface area contributed by atoms with Crippen LogP contribution in [0.3, 0.4) is 0 Å². The first-order valence-electron chi connectivity index (χ1n) is 8.20. The van der Waals surface area contributed by atoms with E-state index in [1.54, 1.807) is 12.1 Å². The number of fused-ring (bicyclic) bond motifs is 1. The molecule has 2 aromatic carbocycles. The Morgan fingerprint density at radius 3 is 2.83 bits per heavy atom. The molecule has 0 radical (unpaired) electrons. The molecule has 0 bridgehead atoms. The van der Waals surface area contributed by atoms with Gasteiger partial charge in [-0.15, -0.1) is 0 Å². The molecule has 3 nitrogen and oxygen atoms in total. The van der Waals surface area contributed by atoms with Crippen LogP contribution in [0.15, 0.2) is 36.4 Å². The molecule has 124 valence electrons. The van der Waals surface area contributed by atoms with Gasteiger partial charge in [-0.05, 0) is 49.1 Å². The van der Waals surface area contributed by atoms with Crippen molar-refractivity contribution < 1.29 is 9.18 Å². The predicted octanol–water partition coefficient (Wildman–Crippen LogP) is 4.14. The maximum atomic E-state index is 14.1. The average Bonchev–Trinajstić information content (AvgIpc) is 3.34. The van der Waals surface area contributed by atoms with Gasteiger partial charge in [0.05, 0.1) is 0 Å². The number of benzene rings is 2. The number of nitrogens with two attached hydrogens (primary N) is 1. The molecule has 0 aromatic heterocycles. The highest BCUT2D eigenvalue weighted by Gasteiger charge is 2.48. The first-order chi connectivity index (χ1) is 11.6. The smallest absolute Gasteiger partial charge is 0.230 e. The Bertz CT molecular complexity index is 803. The number of rotatable bonds is 2. The molecule has 1 fully saturated rings. The summed E-state index contributed by atoms with van der Waals surface area (Å²) in [6.07, 6.45) is 2.43. The van der Waals surface area contributed by atoms with Crippen LogP contribution >= 0.6 is 11.6 Å². The SMILES string of the molecule is Nc1cccc2c1CCCN2C(=O)C1CC1c1c(F)cccc1Cl. The summed E-state index contributed by atoms with van der Waals surface area (Å²) in [6, 6.07) is 10.3. The highest BCUT2D eigenvalue weighted by Crippen LogP contribution is 2.52. The summed E-state index contributed by atoms with van der Waals surface area (Å²) in [5.41, 5.74) is 9.19. The molecule has 2 aromatic rings. The molecular formula is C19H18ClFN2O. The molecule has 2 N–H and O–H groups in total. The van der Waals surface area contributed by atoms with Crippen LogP contribution in [0.5, 0.6) is 0 Å². The summed E-state index contributed by atoms with van der Waals surface area (Å²) >= 11 is 6.14. The van der Waals surface area contributed by atoms with Gasteiger partial charge in [0.15, 0.2) is 0 Å². The molecule has 1 saturated carbocycles. The summed E-state index contributed by atoms with van der Waals surface area (Å²) < 4.78 is 14.1. The summed E-state index contributed by atoms with van der Waals surface area (Å²) in [5.74, 6) is -0.610. The van der Waals surface area contributed by atoms with Crippen LogP contribution in [0.4, 0.5) is 15.8 Å². The maximum absolute atomic E-state index is 14.1. The molecule has 1 heterocycles. The average molecular weight is 345 g/mol. The normalized spacial score (nSPS) is 22.2. The summed E-state index contributed by atoms with van der Waals surface area (Å²) in [5, 5.41) is 0.401. The molecule has 0 spiro atoms. The highest BCUT2D eigenvalue weighted by molar-refractivity contribution is 6.31. The minimum atomic E-state index is -0.328. The number of hydrogen-bond acceptors (Lipinski definition) is 2. The van der Waals surface area contributed by atoms with Gasteiger partial charge in [0, 0.05) is 40.3 Å². The fourth-order valence-corrected chi connectivity index (χ4v) is 4.04. The van der Waals surface area contributed by atoms with E-state index in [0.717, 1.165) is 29.8 Å². The van der Waals surface area contributed by atoms with Gasteiger partial charge in [-0.3, -0.25) is 4.79 Å². The second-order valence-corrected chi connectivity index (χ2v) is 6.93. The second kappa shape index (κ2) is 5.78. The second-order valence-electron chi connectivity index (χ2n) is 6.52. The Hall–Kier alpha value is -2.07. The van der Waals surface area contributed by atoms with E-state index in [9.17, 15) is 9.18 Å². The Balaban J connectivity index is 1.60. The van der Waals surface area contributed by atoms with E-state index in [1.807, 2.05) is 23.1 Å². The minimum absolute atomic E-state index is 0.0471. The van der Waals surface area contributed by atoms with Crippen molar-refractivity contribution in [3.63, 3.8) is 0 Å². The lowest BCUT2D eigenvalue weighted by molar-refractivity contribution is -0.120. The molecule has 1 amide bonds. The zero-order valence-corrected chi connectivity index (χ0v) is 13.9. The van der Waals surface area contributed by atoms with Gasteiger partial charge in [-0.2, -0.15) is 0 Å². The summed E-state index contributed by atoms with van der Waals surface area (Å²) in [4.78, 5) is 14.8. The molecule has 0 saturated heterocycles. The van der Waals surface area contributed by atoms with E-state index >= 15 is 0 Å². The lowest BCUT2D eigenvalue weighted by atomic mass is 9.99. The molecule has 2 unspecified atom stereocenters. The van der Waals surface area contributed by atoms with Gasteiger partial charge in [0.25, 0.3) is 0 Å². The fourth-order valence-electron chi connectivity index (χ4n) is 3.73. The van der Waals surface area contributed by atoms with Gasteiger partial charge < -0.3 is 10.6 Å². The number of halogens is 2. The molecular weight excluding hydrogens is 327 g/mol. The first kappa shape index (κ1) is 15.5. The third-order valence-electron chi connectivity index (χ3n) is 5.03. The van der Waals surface area contributed by atoms with Crippen LogP contribution in [0, 0.1) is 11.7 Å². The number of anilines is 2. The molecule has 4 rings (SSSR count). The minimum Gasteiger partial charge on any atom is -0.398 e. The van der Waals surface area contributed by atoms with Crippen LogP contribution in [0.2, 0.25) is 5.02 Å². The van der Waals surface area contributed by atoms with Gasteiger partial charge in [-0.25, -0.2) is 4.39 Å². The van der Waals surface area contributed by atoms with Crippen LogP contribution in [-0.2, 0) is 11.2 Å². The zero-order valence-electron chi connectivity index (χ0n) is 13.1. The molecule has 24 heavy (non-hydrogen) atoms. The Morgan fingerprint density at radius 2 is 2.04 bits per heavy atom. The van der Waals surface area contributed by atoms with E-state index < -0.39 is 0 Å². The third kappa shape index (κ3) is 2.46. The Kier molecular flexibility index (Phi) is 3.72. The first-order valence-corrected chi connectivity index (χ1v) is 8.58. The number of hydrogen-bond donors (Lipinski definition) is 1.